The van der Waals surface area contributed by atoms with Crippen molar-refractivity contribution < 1.29 is 18.7 Å². The summed E-state index contributed by atoms with van der Waals surface area (Å²) in [6.45, 7) is 7.11. The number of hydrogen-bond acceptors (Lipinski definition) is 4. The molecule has 0 saturated carbocycles. The lowest BCUT2D eigenvalue weighted by Gasteiger charge is -2.26. The molecule has 0 aliphatic rings. The van der Waals surface area contributed by atoms with Crippen LogP contribution in [0.2, 0.25) is 0 Å². The Balaban J connectivity index is 2.64. The fourth-order valence-corrected chi connectivity index (χ4v) is 1.94. The molecule has 0 heterocycles. The molecule has 0 amide bonds. The first-order valence-electron chi connectivity index (χ1n) is 6.65. The van der Waals surface area contributed by atoms with Crippen molar-refractivity contribution in [2.45, 2.75) is 45.8 Å². The van der Waals surface area contributed by atoms with Crippen LogP contribution in [0.3, 0.4) is 0 Å². The van der Waals surface area contributed by atoms with Gasteiger partial charge in [-0.15, -0.1) is 0 Å². The van der Waals surface area contributed by atoms with Crippen molar-refractivity contribution in [1.29, 1.82) is 0 Å². The summed E-state index contributed by atoms with van der Waals surface area (Å²) in [4.78, 5) is 11.7. The molecular formula is C15H22FNO3. The minimum absolute atomic E-state index is 0.278. The Hall–Kier alpha value is -1.62. The molecule has 4 nitrogen and oxygen atoms in total. The van der Waals surface area contributed by atoms with E-state index in [4.69, 9.17) is 15.2 Å². The smallest absolute Gasteiger partial charge is 0.325 e. The molecule has 0 aromatic heterocycles. The fourth-order valence-electron chi connectivity index (χ4n) is 1.94. The van der Waals surface area contributed by atoms with Crippen molar-refractivity contribution >= 4 is 5.97 Å². The maximum Gasteiger partial charge on any atom is 0.325 e. The van der Waals surface area contributed by atoms with Crippen LogP contribution in [0.15, 0.2) is 18.2 Å². The molecule has 0 aliphatic heterocycles. The number of benzene rings is 1. The standard InChI is InChI=1S/C15H22FNO3/c1-5-19-14(18)15(4,17)9-11(3)20-12-6-7-13(16)10(2)8-12/h6-8,11H,5,9,17H2,1-4H3. The summed E-state index contributed by atoms with van der Waals surface area (Å²) < 4.78 is 23.7. The second-order valence-electron chi connectivity index (χ2n) is 5.18. The van der Waals surface area contributed by atoms with Gasteiger partial charge in [-0.25, -0.2) is 4.39 Å². The molecule has 0 radical (unpaired) electrons. The molecule has 2 unspecified atom stereocenters. The van der Waals surface area contributed by atoms with Gasteiger partial charge in [-0.05, 0) is 51.5 Å². The van der Waals surface area contributed by atoms with E-state index in [1.54, 1.807) is 32.9 Å². The van der Waals surface area contributed by atoms with Gasteiger partial charge in [0, 0.05) is 6.42 Å². The molecule has 0 aliphatic carbocycles. The van der Waals surface area contributed by atoms with E-state index in [-0.39, 0.29) is 18.5 Å². The van der Waals surface area contributed by atoms with Gasteiger partial charge in [0.05, 0.1) is 12.7 Å². The quantitative estimate of drug-likeness (QED) is 0.815. The third kappa shape index (κ3) is 4.49. The van der Waals surface area contributed by atoms with E-state index in [0.717, 1.165) is 0 Å². The van der Waals surface area contributed by atoms with E-state index < -0.39 is 11.5 Å². The van der Waals surface area contributed by atoms with Gasteiger partial charge in [-0.3, -0.25) is 4.79 Å². The molecule has 0 spiro atoms. The van der Waals surface area contributed by atoms with E-state index in [1.165, 1.54) is 6.07 Å². The lowest BCUT2D eigenvalue weighted by molar-refractivity contribution is -0.149. The lowest BCUT2D eigenvalue weighted by atomic mass is 9.96. The minimum Gasteiger partial charge on any atom is -0.491 e. The summed E-state index contributed by atoms with van der Waals surface area (Å²) in [6.07, 6.45) is 0.0154. The molecule has 1 aromatic rings. The zero-order valence-electron chi connectivity index (χ0n) is 12.4. The fraction of sp³-hybridized carbons (Fsp3) is 0.533. The van der Waals surface area contributed by atoms with E-state index in [1.807, 2.05) is 6.92 Å². The van der Waals surface area contributed by atoms with Gasteiger partial charge in [-0.2, -0.15) is 0 Å². The molecule has 1 aromatic carbocycles. The molecule has 0 bridgehead atoms. The first kappa shape index (κ1) is 16.4. The molecule has 0 fully saturated rings. The van der Waals surface area contributed by atoms with Crippen LogP contribution in [0.4, 0.5) is 4.39 Å². The Bertz CT molecular complexity index is 474. The second kappa shape index (κ2) is 6.70. The Morgan fingerprint density at radius 2 is 2.15 bits per heavy atom. The van der Waals surface area contributed by atoms with Gasteiger partial charge in [0.1, 0.15) is 17.1 Å². The molecule has 5 heteroatoms. The van der Waals surface area contributed by atoms with Crippen LogP contribution in [0, 0.1) is 12.7 Å². The van der Waals surface area contributed by atoms with E-state index in [2.05, 4.69) is 0 Å². The highest BCUT2D eigenvalue weighted by Crippen LogP contribution is 2.20. The van der Waals surface area contributed by atoms with Crippen molar-refractivity contribution in [1.82, 2.24) is 0 Å². The SMILES string of the molecule is CCOC(=O)C(C)(N)CC(C)Oc1ccc(F)c(C)c1. The maximum absolute atomic E-state index is 13.2. The summed E-state index contributed by atoms with van der Waals surface area (Å²) in [5.74, 6) is -0.179. The number of esters is 1. The van der Waals surface area contributed by atoms with Crippen LogP contribution in [0.25, 0.3) is 0 Å². The van der Waals surface area contributed by atoms with Crippen molar-refractivity contribution in [2.24, 2.45) is 5.73 Å². The van der Waals surface area contributed by atoms with Crippen LogP contribution in [0.1, 0.15) is 32.8 Å². The summed E-state index contributed by atoms with van der Waals surface area (Å²) in [6, 6.07) is 4.52. The first-order chi connectivity index (χ1) is 9.26. The van der Waals surface area contributed by atoms with Gasteiger partial charge in [0.2, 0.25) is 0 Å². The van der Waals surface area contributed by atoms with E-state index >= 15 is 0 Å². The summed E-state index contributed by atoms with van der Waals surface area (Å²) >= 11 is 0. The Morgan fingerprint density at radius 1 is 1.50 bits per heavy atom. The number of aryl methyl sites for hydroxylation is 1. The third-order valence-corrected chi connectivity index (χ3v) is 2.92. The number of carbonyl (C=O) groups excluding carboxylic acids is 1. The van der Waals surface area contributed by atoms with Crippen LogP contribution < -0.4 is 10.5 Å². The largest absolute Gasteiger partial charge is 0.491 e. The van der Waals surface area contributed by atoms with Crippen LogP contribution in [-0.2, 0) is 9.53 Å². The van der Waals surface area contributed by atoms with E-state index in [9.17, 15) is 9.18 Å². The average molecular weight is 283 g/mol. The molecular weight excluding hydrogens is 261 g/mol. The van der Waals surface area contributed by atoms with Crippen LogP contribution in [0.5, 0.6) is 5.75 Å². The Labute approximate surface area is 119 Å². The first-order valence-corrected chi connectivity index (χ1v) is 6.65. The van der Waals surface area contributed by atoms with E-state index in [0.29, 0.717) is 17.7 Å². The monoisotopic (exact) mass is 283 g/mol. The maximum atomic E-state index is 13.2. The molecule has 20 heavy (non-hydrogen) atoms. The van der Waals surface area contributed by atoms with Crippen molar-refractivity contribution in [3.63, 3.8) is 0 Å². The predicted molar refractivity (Wildman–Crippen MR) is 75.1 cm³/mol. The van der Waals surface area contributed by atoms with Gasteiger partial charge in [0.15, 0.2) is 0 Å². The van der Waals surface area contributed by atoms with Crippen LogP contribution >= 0.6 is 0 Å². The van der Waals surface area contributed by atoms with Gasteiger partial charge in [-0.1, -0.05) is 0 Å². The van der Waals surface area contributed by atoms with Gasteiger partial charge in [0.25, 0.3) is 0 Å². The number of hydrogen-bond donors (Lipinski definition) is 1. The highest BCUT2D eigenvalue weighted by atomic mass is 19.1. The zero-order valence-corrected chi connectivity index (χ0v) is 12.4. The number of ether oxygens (including phenoxy) is 2. The molecule has 2 N–H and O–H groups in total. The normalized spacial score (nSPS) is 15.3. The summed E-state index contributed by atoms with van der Waals surface area (Å²) in [5.41, 5.74) is 5.34. The highest BCUT2D eigenvalue weighted by molar-refractivity contribution is 5.80. The average Bonchev–Trinajstić information content (AvgIpc) is 2.33. The van der Waals surface area contributed by atoms with Crippen molar-refractivity contribution in [3.8, 4) is 5.75 Å². The van der Waals surface area contributed by atoms with Crippen LogP contribution in [-0.4, -0.2) is 24.2 Å². The van der Waals surface area contributed by atoms with Gasteiger partial charge < -0.3 is 15.2 Å². The summed E-state index contributed by atoms with van der Waals surface area (Å²) in [7, 11) is 0. The zero-order chi connectivity index (χ0) is 15.3. The number of rotatable bonds is 6. The molecule has 1 rings (SSSR count). The third-order valence-electron chi connectivity index (χ3n) is 2.92. The van der Waals surface area contributed by atoms with Crippen molar-refractivity contribution in [3.05, 3.63) is 29.6 Å². The van der Waals surface area contributed by atoms with Crippen molar-refractivity contribution in [2.75, 3.05) is 6.61 Å². The molecule has 112 valence electrons. The Morgan fingerprint density at radius 3 is 2.70 bits per heavy atom. The molecule has 0 saturated heterocycles. The molecule has 2 atom stereocenters. The Kier molecular flexibility index (Phi) is 5.51. The van der Waals surface area contributed by atoms with Gasteiger partial charge >= 0.3 is 5.97 Å². The number of halogens is 1. The second-order valence-corrected chi connectivity index (χ2v) is 5.18. The number of carbonyl (C=O) groups is 1. The topological polar surface area (TPSA) is 61.5 Å². The summed E-state index contributed by atoms with van der Waals surface area (Å²) in [5, 5.41) is 0. The highest BCUT2D eigenvalue weighted by Gasteiger charge is 2.32. The lowest BCUT2D eigenvalue weighted by Crippen LogP contribution is -2.49. The minimum atomic E-state index is -1.11. The number of nitrogens with two attached hydrogens (primary N) is 1. The predicted octanol–water partition coefficient (Wildman–Crippen LogP) is 2.57.